The van der Waals surface area contributed by atoms with E-state index in [1.54, 1.807) is 0 Å². The van der Waals surface area contributed by atoms with Crippen molar-refractivity contribution in [2.75, 3.05) is 18.5 Å². The van der Waals surface area contributed by atoms with E-state index >= 15 is 0 Å². The number of esters is 1. The summed E-state index contributed by atoms with van der Waals surface area (Å²) in [5.41, 5.74) is 11.8. The van der Waals surface area contributed by atoms with Crippen molar-refractivity contribution in [3.63, 3.8) is 0 Å². The quantitative estimate of drug-likeness (QED) is 0.449. The molecule has 6 N–H and O–H groups in total. The maximum atomic E-state index is 11.8. The van der Waals surface area contributed by atoms with Crippen LogP contribution in [-0.2, 0) is 9.53 Å². The molecule has 8 nitrogen and oxygen atoms in total. The number of ether oxygens (including phenoxy) is 1. The lowest BCUT2D eigenvalue weighted by Gasteiger charge is -2.13. The highest BCUT2D eigenvalue weighted by Crippen LogP contribution is 2.15. The van der Waals surface area contributed by atoms with E-state index in [4.69, 9.17) is 16.2 Å². The third-order valence-electron chi connectivity index (χ3n) is 2.33. The molecule has 0 saturated heterocycles. The summed E-state index contributed by atoms with van der Waals surface area (Å²) in [5, 5.41) is 4.20. The fourth-order valence-electron chi connectivity index (χ4n) is 1.35. The third kappa shape index (κ3) is 4.16. The van der Waals surface area contributed by atoms with Gasteiger partial charge in [-0.1, -0.05) is 0 Å². The summed E-state index contributed by atoms with van der Waals surface area (Å²) in [5.74, 6) is -1.50. The minimum absolute atomic E-state index is 0.127. The topological polar surface area (TPSA) is 137 Å². The van der Waals surface area contributed by atoms with Gasteiger partial charge in [-0.15, -0.1) is 0 Å². The smallest absolute Gasteiger partial charge is 0.339 e. The molecule has 0 fully saturated rings. The van der Waals surface area contributed by atoms with Crippen molar-refractivity contribution in [2.45, 2.75) is 13.0 Å². The number of nitrogens with one attached hydrogen (secondary N) is 2. The molecule has 3 amide bonds. The van der Waals surface area contributed by atoms with E-state index in [0.29, 0.717) is 11.4 Å². The van der Waals surface area contributed by atoms with Gasteiger partial charge in [-0.2, -0.15) is 0 Å². The zero-order valence-corrected chi connectivity index (χ0v) is 11.1. The summed E-state index contributed by atoms with van der Waals surface area (Å²) >= 11 is 0. The lowest BCUT2D eigenvalue weighted by molar-refractivity contribution is -0.127. The van der Waals surface area contributed by atoms with Gasteiger partial charge in [0.1, 0.15) is 0 Å². The lowest BCUT2D eigenvalue weighted by Crippen LogP contribution is -2.43. The second-order valence-electron chi connectivity index (χ2n) is 4.00. The Hall–Kier alpha value is -2.77. The van der Waals surface area contributed by atoms with E-state index in [2.05, 4.69) is 5.32 Å². The number of urea groups is 1. The van der Waals surface area contributed by atoms with Crippen LogP contribution in [0.2, 0.25) is 0 Å². The molecule has 0 heterocycles. The molecular formula is C12H16N4O4. The number of carbonyl (C=O) groups is 3. The Kier molecular flexibility index (Phi) is 4.90. The molecule has 108 valence electrons. The van der Waals surface area contributed by atoms with E-state index in [-0.39, 0.29) is 5.56 Å². The second kappa shape index (κ2) is 6.41. The van der Waals surface area contributed by atoms with Crippen LogP contribution in [0.5, 0.6) is 0 Å². The SMILES string of the molecule is CNC(=O)NC(=O)C(C)OC(=O)c1cc(N)cc(N)c1. The van der Waals surface area contributed by atoms with Crippen LogP contribution >= 0.6 is 0 Å². The summed E-state index contributed by atoms with van der Waals surface area (Å²) in [6.45, 7) is 1.34. The highest BCUT2D eigenvalue weighted by Gasteiger charge is 2.20. The predicted molar refractivity (Wildman–Crippen MR) is 72.7 cm³/mol. The molecule has 20 heavy (non-hydrogen) atoms. The van der Waals surface area contributed by atoms with Gasteiger partial charge < -0.3 is 21.5 Å². The Morgan fingerprint density at radius 3 is 2.20 bits per heavy atom. The molecule has 0 bridgehead atoms. The van der Waals surface area contributed by atoms with Crippen molar-refractivity contribution in [1.82, 2.24) is 10.6 Å². The maximum Gasteiger partial charge on any atom is 0.339 e. The largest absolute Gasteiger partial charge is 0.449 e. The van der Waals surface area contributed by atoms with Gasteiger partial charge in [-0.25, -0.2) is 9.59 Å². The summed E-state index contributed by atoms with van der Waals surface area (Å²) < 4.78 is 4.91. The van der Waals surface area contributed by atoms with Crippen molar-refractivity contribution < 1.29 is 19.1 Å². The first-order chi connectivity index (χ1) is 9.33. The zero-order valence-electron chi connectivity index (χ0n) is 11.1. The fraction of sp³-hybridized carbons (Fsp3) is 0.250. The number of hydrogen-bond donors (Lipinski definition) is 4. The van der Waals surface area contributed by atoms with Gasteiger partial charge in [-0.05, 0) is 25.1 Å². The highest BCUT2D eigenvalue weighted by atomic mass is 16.5. The van der Waals surface area contributed by atoms with Crippen LogP contribution in [0.4, 0.5) is 16.2 Å². The van der Waals surface area contributed by atoms with Gasteiger partial charge in [0.25, 0.3) is 5.91 Å². The molecule has 0 aromatic heterocycles. The maximum absolute atomic E-state index is 11.8. The van der Waals surface area contributed by atoms with E-state index in [1.807, 2.05) is 5.32 Å². The summed E-state index contributed by atoms with van der Waals surface area (Å²) in [7, 11) is 1.36. The van der Waals surface area contributed by atoms with Gasteiger partial charge in [0.15, 0.2) is 6.10 Å². The number of hydrogen-bond acceptors (Lipinski definition) is 6. The number of anilines is 2. The van der Waals surface area contributed by atoms with Gasteiger partial charge in [0.2, 0.25) is 0 Å². The predicted octanol–water partition coefficient (Wildman–Crippen LogP) is -0.148. The molecule has 1 unspecified atom stereocenters. The Labute approximate surface area is 115 Å². The number of carbonyl (C=O) groups excluding carboxylic acids is 3. The molecule has 0 radical (unpaired) electrons. The van der Waals surface area contributed by atoms with E-state index in [1.165, 1.54) is 32.2 Å². The molecule has 0 aliphatic heterocycles. The summed E-state index contributed by atoms with van der Waals surface area (Å²) in [6, 6.07) is 3.55. The molecule has 1 rings (SSSR count). The average molecular weight is 280 g/mol. The molecule has 1 aromatic rings. The number of rotatable bonds is 3. The standard InChI is InChI=1S/C12H16N4O4/c1-6(10(17)16-12(19)15-2)20-11(18)7-3-8(13)5-9(14)4-7/h3-6H,13-14H2,1-2H3,(H2,15,16,17,19). The highest BCUT2D eigenvalue weighted by molar-refractivity contribution is 5.98. The van der Waals surface area contributed by atoms with Gasteiger partial charge in [0, 0.05) is 18.4 Å². The molecular weight excluding hydrogens is 264 g/mol. The van der Waals surface area contributed by atoms with E-state index < -0.39 is 24.0 Å². The molecule has 0 aliphatic carbocycles. The van der Waals surface area contributed by atoms with Crippen molar-refractivity contribution in [3.05, 3.63) is 23.8 Å². The first-order valence-electron chi connectivity index (χ1n) is 5.73. The zero-order chi connectivity index (χ0) is 15.3. The second-order valence-corrected chi connectivity index (χ2v) is 4.00. The van der Waals surface area contributed by atoms with Crippen LogP contribution in [0.15, 0.2) is 18.2 Å². The van der Waals surface area contributed by atoms with Crippen LogP contribution in [0, 0.1) is 0 Å². The summed E-state index contributed by atoms with van der Waals surface area (Å²) in [6.07, 6.45) is -1.14. The fourth-order valence-corrected chi connectivity index (χ4v) is 1.35. The molecule has 0 spiro atoms. The first-order valence-corrected chi connectivity index (χ1v) is 5.73. The van der Waals surface area contributed by atoms with E-state index in [0.717, 1.165) is 0 Å². The Morgan fingerprint density at radius 1 is 1.15 bits per heavy atom. The number of imide groups is 1. The van der Waals surface area contributed by atoms with Crippen LogP contribution in [0.1, 0.15) is 17.3 Å². The van der Waals surface area contributed by atoms with Crippen LogP contribution in [-0.4, -0.2) is 31.1 Å². The van der Waals surface area contributed by atoms with Crippen LogP contribution in [0.3, 0.4) is 0 Å². The van der Waals surface area contributed by atoms with E-state index in [9.17, 15) is 14.4 Å². The molecule has 1 aromatic carbocycles. The van der Waals surface area contributed by atoms with Crippen molar-refractivity contribution in [3.8, 4) is 0 Å². The molecule has 0 aliphatic rings. The minimum atomic E-state index is -1.14. The molecule has 1 atom stereocenters. The minimum Gasteiger partial charge on any atom is -0.449 e. The molecule has 0 saturated carbocycles. The Morgan fingerprint density at radius 2 is 1.70 bits per heavy atom. The number of amides is 3. The van der Waals surface area contributed by atoms with Gasteiger partial charge >= 0.3 is 12.0 Å². The third-order valence-corrected chi connectivity index (χ3v) is 2.33. The molecule has 8 heteroatoms. The van der Waals surface area contributed by atoms with Crippen molar-refractivity contribution in [2.24, 2.45) is 0 Å². The number of nitrogens with two attached hydrogens (primary N) is 2. The lowest BCUT2D eigenvalue weighted by atomic mass is 10.2. The first kappa shape index (κ1) is 15.3. The van der Waals surface area contributed by atoms with Crippen LogP contribution < -0.4 is 22.1 Å². The normalized spacial score (nSPS) is 11.3. The summed E-state index contributed by atoms with van der Waals surface area (Å²) in [4.78, 5) is 34.3. The number of nitrogen functional groups attached to an aromatic ring is 2. The Balaban J connectivity index is 2.70. The van der Waals surface area contributed by atoms with Crippen molar-refractivity contribution >= 4 is 29.3 Å². The van der Waals surface area contributed by atoms with Crippen LogP contribution in [0.25, 0.3) is 0 Å². The van der Waals surface area contributed by atoms with Gasteiger partial charge in [-0.3, -0.25) is 10.1 Å². The van der Waals surface area contributed by atoms with Crippen molar-refractivity contribution in [1.29, 1.82) is 0 Å². The Bertz CT molecular complexity index is 524. The van der Waals surface area contributed by atoms with Gasteiger partial charge in [0.05, 0.1) is 5.56 Å². The monoisotopic (exact) mass is 280 g/mol. The number of benzene rings is 1. The average Bonchev–Trinajstić information content (AvgIpc) is 2.37.